The van der Waals surface area contributed by atoms with Gasteiger partial charge in [-0.3, -0.25) is 9.78 Å². The van der Waals surface area contributed by atoms with Gasteiger partial charge in [0.15, 0.2) is 0 Å². The first-order valence-corrected chi connectivity index (χ1v) is 7.37. The summed E-state index contributed by atoms with van der Waals surface area (Å²) in [6, 6.07) is 15.0. The second kappa shape index (κ2) is 5.78. The Kier molecular flexibility index (Phi) is 3.82. The van der Waals surface area contributed by atoms with Crippen molar-refractivity contribution < 1.29 is 4.79 Å². The molecule has 4 heteroatoms. The predicted molar refractivity (Wildman–Crippen MR) is 90.6 cm³/mol. The number of hydrogen-bond donors (Lipinski definition) is 1. The summed E-state index contributed by atoms with van der Waals surface area (Å²) in [5.74, 6) is -0.193. The van der Waals surface area contributed by atoms with Crippen LogP contribution in [0.5, 0.6) is 0 Å². The van der Waals surface area contributed by atoms with Crippen LogP contribution in [0.3, 0.4) is 0 Å². The van der Waals surface area contributed by atoms with E-state index in [1.165, 1.54) is 0 Å². The highest BCUT2D eigenvalue weighted by Gasteiger charge is 2.17. The Hall–Kier alpha value is -2.39. The number of hydrogen-bond acceptors (Lipinski definition) is 2. The van der Waals surface area contributed by atoms with Crippen molar-refractivity contribution in [3.05, 3.63) is 70.4 Å². The van der Waals surface area contributed by atoms with Gasteiger partial charge in [0.2, 0.25) is 0 Å². The van der Waals surface area contributed by atoms with Gasteiger partial charge < -0.3 is 5.32 Å². The normalized spacial score (nSPS) is 10.7. The first-order chi connectivity index (χ1) is 10.6. The third-order valence-electron chi connectivity index (χ3n) is 3.68. The molecule has 1 N–H and O–H groups in total. The number of carbonyl (C=O) groups excluding carboxylic acids is 1. The first-order valence-electron chi connectivity index (χ1n) is 7.00. The van der Waals surface area contributed by atoms with Gasteiger partial charge in [0, 0.05) is 5.39 Å². The second-order valence-electron chi connectivity index (χ2n) is 5.15. The fraction of sp³-hybridized carbons (Fsp3) is 0.111. The van der Waals surface area contributed by atoms with Crippen LogP contribution in [-0.4, -0.2) is 10.9 Å². The maximum Gasteiger partial charge on any atom is 0.257 e. The molecule has 2 aromatic carbocycles. The first kappa shape index (κ1) is 14.5. The van der Waals surface area contributed by atoms with Crippen molar-refractivity contribution in [1.82, 2.24) is 4.98 Å². The zero-order chi connectivity index (χ0) is 15.7. The van der Waals surface area contributed by atoms with Crippen LogP contribution >= 0.6 is 11.6 Å². The van der Waals surface area contributed by atoms with Crippen LogP contribution < -0.4 is 5.32 Å². The Morgan fingerprint density at radius 1 is 1.05 bits per heavy atom. The third-order valence-corrected chi connectivity index (χ3v) is 4.01. The average Bonchev–Trinajstić information content (AvgIpc) is 2.49. The third kappa shape index (κ3) is 2.55. The summed E-state index contributed by atoms with van der Waals surface area (Å²) in [4.78, 5) is 17.2. The van der Waals surface area contributed by atoms with Gasteiger partial charge in [0.1, 0.15) is 0 Å². The molecule has 1 aromatic heterocycles. The minimum Gasteiger partial charge on any atom is -0.321 e. The van der Waals surface area contributed by atoms with Gasteiger partial charge >= 0.3 is 0 Å². The van der Waals surface area contributed by atoms with Crippen LogP contribution in [0.1, 0.15) is 21.6 Å². The number of para-hydroxylation sites is 2. The zero-order valence-electron chi connectivity index (χ0n) is 12.4. The monoisotopic (exact) mass is 310 g/mol. The maximum absolute atomic E-state index is 12.6. The Bertz CT molecular complexity index is 874. The molecule has 0 unspecified atom stereocenters. The van der Waals surface area contributed by atoms with Gasteiger partial charge in [-0.05, 0) is 37.6 Å². The van der Waals surface area contributed by atoms with Crippen molar-refractivity contribution in [2.45, 2.75) is 13.8 Å². The standard InChI is InChI=1S/C18H15ClN2O/c1-11-13-7-3-5-9-15(13)20-12(2)17(11)18(22)21-16-10-6-4-8-14(16)19/h3-10H,1-2H3,(H,21,22). The highest BCUT2D eigenvalue weighted by Crippen LogP contribution is 2.25. The lowest BCUT2D eigenvalue weighted by Crippen LogP contribution is -2.16. The molecule has 0 aliphatic heterocycles. The Balaban J connectivity index is 2.06. The number of pyridine rings is 1. The zero-order valence-corrected chi connectivity index (χ0v) is 13.1. The Morgan fingerprint density at radius 2 is 1.73 bits per heavy atom. The van der Waals surface area contributed by atoms with Crippen LogP contribution in [0.15, 0.2) is 48.5 Å². The van der Waals surface area contributed by atoms with Crippen LogP contribution in [0.2, 0.25) is 5.02 Å². The Morgan fingerprint density at radius 3 is 2.50 bits per heavy atom. The smallest absolute Gasteiger partial charge is 0.257 e. The van der Waals surface area contributed by atoms with Crippen molar-refractivity contribution in [1.29, 1.82) is 0 Å². The number of carbonyl (C=O) groups is 1. The molecule has 0 radical (unpaired) electrons. The van der Waals surface area contributed by atoms with E-state index in [1.807, 2.05) is 50.2 Å². The van der Waals surface area contributed by atoms with Crippen LogP contribution in [0, 0.1) is 13.8 Å². The SMILES string of the molecule is Cc1nc2ccccc2c(C)c1C(=O)Nc1ccccc1Cl. The van der Waals surface area contributed by atoms with E-state index in [4.69, 9.17) is 11.6 Å². The molecule has 1 heterocycles. The Labute approximate surface area is 133 Å². The van der Waals surface area contributed by atoms with Crippen molar-refractivity contribution in [3.8, 4) is 0 Å². The van der Waals surface area contributed by atoms with E-state index in [9.17, 15) is 4.79 Å². The number of anilines is 1. The highest BCUT2D eigenvalue weighted by atomic mass is 35.5. The van der Waals surface area contributed by atoms with Gasteiger partial charge in [-0.1, -0.05) is 41.9 Å². The molecule has 0 bridgehead atoms. The number of fused-ring (bicyclic) bond motifs is 1. The van der Waals surface area contributed by atoms with E-state index in [1.54, 1.807) is 12.1 Å². The molecule has 3 rings (SSSR count). The highest BCUT2D eigenvalue weighted by molar-refractivity contribution is 6.34. The summed E-state index contributed by atoms with van der Waals surface area (Å²) in [5, 5.41) is 4.36. The van der Waals surface area contributed by atoms with E-state index in [0.29, 0.717) is 22.0 Å². The second-order valence-corrected chi connectivity index (χ2v) is 5.56. The van der Waals surface area contributed by atoms with E-state index in [2.05, 4.69) is 10.3 Å². The van der Waals surface area contributed by atoms with E-state index in [-0.39, 0.29) is 5.91 Å². The van der Waals surface area contributed by atoms with Crippen molar-refractivity contribution in [3.63, 3.8) is 0 Å². The minimum absolute atomic E-state index is 0.193. The van der Waals surface area contributed by atoms with Crippen molar-refractivity contribution in [2.24, 2.45) is 0 Å². The fourth-order valence-corrected chi connectivity index (χ4v) is 2.80. The van der Waals surface area contributed by atoms with Crippen LogP contribution in [0.4, 0.5) is 5.69 Å². The lowest BCUT2D eigenvalue weighted by molar-refractivity contribution is 0.102. The lowest BCUT2D eigenvalue weighted by atomic mass is 10.0. The molecule has 0 saturated carbocycles. The quantitative estimate of drug-likeness (QED) is 0.741. The number of benzene rings is 2. The van der Waals surface area contributed by atoms with Crippen molar-refractivity contribution in [2.75, 3.05) is 5.32 Å². The number of rotatable bonds is 2. The number of aromatic nitrogens is 1. The summed E-state index contributed by atoms with van der Waals surface area (Å²) < 4.78 is 0. The van der Waals surface area contributed by atoms with E-state index >= 15 is 0 Å². The number of halogens is 1. The summed E-state index contributed by atoms with van der Waals surface area (Å²) in [5.41, 5.74) is 3.72. The summed E-state index contributed by atoms with van der Waals surface area (Å²) in [6.07, 6.45) is 0. The van der Waals surface area contributed by atoms with Gasteiger partial charge in [-0.25, -0.2) is 0 Å². The van der Waals surface area contributed by atoms with Gasteiger partial charge in [-0.2, -0.15) is 0 Å². The molecular weight excluding hydrogens is 296 g/mol. The molecule has 3 nitrogen and oxygen atoms in total. The molecule has 110 valence electrons. The number of amides is 1. The number of nitrogens with zero attached hydrogens (tertiary/aromatic N) is 1. The molecule has 0 aliphatic rings. The van der Waals surface area contributed by atoms with E-state index < -0.39 is 0 Å². The molecule has 0 saturated heterocycles. The van der Waals surface area contributed by atoms with Gasteiger partial charge in [0.25, 0.3) is 5.91 Å². The lowest BCUT2D eigenvalue weighted by Gasteiger charge is -2.13. The van der Waals surface area contributed by atoms with Gasteiger partial charge in [0.05, 0.1) is 27.5 Å². The van der Waals surface area contributed by atoms with Crippen LogP contribution in [0.25, 0.3) is 10.9 Å². The largest absolute Gasteiger partial charge is 0.321 e. The van der Waals surface area contributed by atoms with Crippen LogP contribution in [-0.2, 0) is 0 Å². The van der Waals surface area contributed by atoms with E-state index in [0.717, 1.165) is 16.5 Å². The number of nitrogens with one attached hydrogen (secondary N) is 1. The molecule has 1 amide bonds. The van der Waals surface area contributed by atoms with Crippen molar-refractivity contribution >= 4 is 34.1 Å². The molecule has 22 heavy (non-hydrogen) atoms. The fourth-order valence-electron chi connectivity index (χ4n) is 2.61. The summed E-state index contributed by atoms with van der Waals surface area (Å²) in [7, 11) is 0. The molecular formula is C18H15ClN2O. The average molecular weight is 311 g/mol. The molecule has 0 spiro atoms. The molecule has 0 fully saturated rings. The van der Waals surface area contributed by atoms with Gasteiger partial charge in [-0.15, -0.1) is 0 Å². The minimum atomic E-state index is -0.193. The summed E-state index contributed by atoms with van der Waals surface area (Å²) >= 11 is 6.10. The maximum atomic E-state index is 12.6. The number of aryl methyl sites for hydroxylation is 2. The molecule has 0 atom stereocenters. The summed E-state index contributed by atoms with van der Waals surface area (Å²) in [6.45, 7) is 3.79. The molecule has 3 aromatic rings. The topological polar surface area (TPSA) is 42.0 Å². The predicted octanol–water partition coefficient (Wildman–Crippen LogP) is 4.76. The molecule has 0 aliphatic carbocycles.